The molecular weight excluding hydrogens is 334 g/mol. The van der Waals surface area contributed by atoms with Gasteiger partial charge in [0.15, 0.2) is 5.76 Å². The van der Waals surface area contributed by atoms with Gasteiger partial charge in [0.05, 0.1) is 10.6 Å². The highest BCUT2D eigenvalue weighted by Gasteiger charge is 2.13. The van der Waals surface area contributed by atoms with Crippen LogP contribution in [0.2, 0.25) is 0 Å². The molecule has 0 spiro atoms. The minimum absolute atomic E-state index is 0.0102. The Kier molecular flexibility index (Phi) is 4.89. The molecule has 2 aromatic carbocycles. The second-order valence-corrected chi connectivity index (χ2v) is 5.47. The van der Waals surface area contributed by atoms with E-state index in [0.29, 0.717) is 17.0 Å². The van der Waals surface area contributed by atoms with Crippen molar-refractivity contribution in [2.75, 3.05) is 0 Å². The summed E-state index contributed by atoms with van der Waals surface area (Å²) < 4.78 is 5.52. The Hall–Kier alpha value is -3.74. The Bertz CT molecular complexity index is 960. The number of hydrazone groups is 1. The number of carbonyl (C=O) groups excluding carboxylic acids is 1. The van der Waals surface area contributed by atoms with Crippen molar-refractivity contribution in [2.45, 2.75) is 6.92 Å². The first-order valence-electron chi connectivity index (χ1n) is 7.79. The van der Waals surface area contributed by atoms with Crippen LogP contribution in [0.25, 0.3) is 11.3 Å². The van der Waals surface area contributed by atoms with Gasteiger partial charge in [-0.25, -0.2) is 5.43 Å². The first kappa shape index (κ1) is 17.1. The third-order valence-electron chi connectivity index (χ3n) is 3.71. The summed E-state index contributed by atoms with van der Waals surface area (Å²) in [7, 11) is 0. The van der Waals surface area contributed by atoms with E-state index in [0.717, 1.165) is 5.56 Å². The summed E-state index contributed by atoms with van der Waals surface area (Å²) in [5, 5.41) is 14.8. The third-order valence-corrected chi connectivity index (χ3v) is 3.71. The van der Waals surface area contributed by atoms with E-state index >= 15 is 0 Å². The Morgan fingerprint density at radius 3 is 2.38 bits per heavy atom. The van der Waals surface area contributed by atoms with Crippen LogP contribution >= 0.6 is 0 Å². The van der Waals surface area contributed by atoms with Gasteiger partial charge in [0.25, 0.3) is 5.69 Å². The number of nitro groups is 1. The number of furan rings is 1. The maximum absolute atomic E-state index is 12.2. The average Bonchev–Trinajstić information content (AvgIpc) is 3.17. The fourth-order valence-electron chi connectivity index (χ4n) is 2.30. The van der Waals surface area contributed by atoms with Crippen molar-refractivity contribution in [3.8, 4) is 11.3 Å². The summed E-state index contributed by atoms with van der Waals surface area (Å²) in [6.45, 7) is 1.79. The number of benzene rings is 2. The molecule has 1 aromatic heterocycles. The van der Waals surface area contributed by atoms with Crippen LogP contribution in [0.5, 0.6) is 0 Å². The molecule has 1 amide bonds. The highest BCUT2D eigenvalue weighted by molar-refractivity contribution is 6.00. The van der Waals surface area contributed by atoms with E-state index in [4.69, 9.17) is 4.42 Å². The molecule has 0 unspecified atom stereocenters. The molecular formula is C19H15N3O4. The second-order valence-electron chi connectivity index (χ2n) is 5.47. The molecule has 0 radical (unpaired) electrons. The van der Waals surface area contributed by atoms with E-state index in [1.54, 1.807) is 25.1 Å². The maximum atomic E-state index is 12.2. The topological polar surface area (TPSA) is 97.7 Å². The number of hydrogen-bond donors (Lipinski definition) is 1. The lowest BCUT2D eigenvalue weighted by Gasteiger charge is -2.01. The number of hydrogen-bond acceptors (Lipinski definition) is 5. The van der Waals surface area contributed by atoms with E-state index < -0.39 is 10.8 Å². The van der Waals surface area contributed by atoms with E-state index in [-0.39, 0.29) is 11.4 Å². The number of nitrogens with zero attached hydrogens (tertiary/aromatic N) is 2. The van der Waals surface area contributed by atoms with Gasteiger partial charge in [-0.1, -0.05) is 30.3 Å². The van der Waals surface area contributed by atoms with Crippen molar-refractivity contribution in [3.05, 3.63) is 88.2 Å². The summed E-state index contributed by atoms with van der Waals surface area (Å²) in [6.07, 6.45) is 0. The molecule has 0 saturated heterocycles. The van der Waals surface area contributed by atoms with Crippen molar-refractivity contribution in [2.24, 2.45) is 5.10 Å². The largest absolute Gasteiger partial charge is 0.451 e. The molecule has 3 rings (SSSR count). The number of nitrogens with one attached hydrogen (secondary N) is 1. The maximum Gasteiger partial charge on any atom is 0.307 e. The molecule has 0 aliphatic carbocycles. The number of rotatable bonds is 5. The van der Waals surface area contributed by atoms with Crippen LogP contribution in [0, 0.1) is 10.1 Å². The summed E-state index contributed by atoms with van der Waals surface area (Å²) >= 11 is 0. The normalized spacial score (nSPS) is 11.2. The second kappa shape index (κ2) is 7.43. The molecule has 1 heterocycles. The summed E-state index contributed by atoms with van der Waals surface area (Å²) in [5.74, 6) is 0.0604. The zero-order chi connectivity index (χ0) is 18.5. The van der Waals surface area contributed by atoms with Gasteiger partial charge in [0, 0.05) is 17.7 Å². The Morgan fingerprint density at radius 2 is 1.73 bits per heavy atom. The lowest BCUT2D eigenvalue weighted by atomic mass is 10.1. The Morgan fingerprint density at radius 1 is 1.04 bits per heavy atom. The van der Waals surface area contributed by atoms with Gasteiger partial charge in [-0.05, 0) is 36.8 Å². The van der Waals surface area contributed by atoms with Crippen molar-refractivity contribution in [1.82, 2.24) is 5.43 Å². The summed E-state index contributed by atoms with van der Waals surface area (Å²) in [4.78, 5) is 22.4. The molecule has 0 aliphatic rings. The van der Waals surface area contributed by atoms with Crippen molar-refractivity contribution in [3.63, 3.8) is 0 Å². The third kappa shape index (κ3) is 3.84. The minimum atomic E-state index is -0.478. The van der Waals surface area contributed by atoms with Gasteiger partial charge in [-0.15, -0.1) is 0 Å². The highest BCUT2D eigenvalue weighted by Crippen LogP contribution is 2.24. The molecule has 0 saturated carbocycles. The molecule has 3 aromatic rings. The number of nitro benzene ring substituents is 1. The molecule has 0 aliphatic heterocycles. The molecule has 26 heavy (non-hydrogen) atoms. The Labute approximate surface area is 149 Å². The molecule has 0 fully saturated rings. The zero-order valence-electron chi connectivity index (χ0n) is 13.9. The van der Waals surface area contributed by atoms with Gasteiger partial charge in [-0.2, -0.15) is 5.10 Å². The number of amides is 1. The van der Waals surface area contributed by atoms with Crippen LogP contribution in [-0.2, 0) is 0 Å². The van der Waals surface area contributed by atoms with Crippen molar-refractivity contribution >= 4 is 17.3 Å². The SMILES string of the molecule is C/C(=N\NC(=O)c1ccc(-c2ccc([N+](=O)[O-])cc2)o1)c1ccccc1. The van der Waals surface area contributed by atoms with E-state index in [1.165, 1.54) is 18.2 Å². The minimum Gasteiger partial charge on any atom is -0.451 e. The van der Waals surface area contributed by atoms with Crippen molar-refractivity contribution < 1.29 is 14.1 Å². The lowest BCUT2D eigenvalue weighted by molar-refractivity contribution is -0.384. The van der Waals surface area contributed by atoms with Crippen LogP contribution in [0.3, 0.4) is 0 Å². The van der Waals surface area contributed by atoms with Crippen LogP contribution in [0.1, 0.15) is 23.0 Å². The quantitative estimate of drug-likeness (QED) is 0.427. The van der Waals surface area contributed by atoms with Crippen LogP contribution in [0.15, 0.2) is 76.2 Å². The standard InChI is InChI=1S/C19H15N3O4/c1-13(14-5-3-2-4-6-14)20-21-19(23)18-12-11-17(26-18)15-7-9-16(10-8-15)22(24)25/h2-12H,1H3,(H,21,23)/b20-13+. The van der Waals surface area contributed by atoms with Crippen LogP contribution < -0.4 is 5.43 Å². The predicted molar refractivity (Wildman–Crippen MR) is 96.9 cm³/mol. The lowest BCUT2D eigenvalue weighted by Crippen LogP contribution is -2.18. The predicted octanol–water partition coefficient (Wildman–Crippen LogP) is 4.01. The monoisotopic (exact) mass is 349 g/mol. The zero-order valence-corrected chi connectivity index (χ0v) is 13.9. The molecule has 0 atom stereocenters. The van der Waals surface area contributed by atoms with Gasteiger partial charge < -0.3 is 4.42 Å². The van der Waals surface area contributed by atoms with Gasteiger partial charge in [-0.3, -0.25) is 14.9 Å². The fraction of sp³-hybridized carbons (Fsp3) is 0.0526. The van der Waals surface area contributed by atoms with E-state index in [2.05, 4.69) is 10.5 Å². The number of non-ortho nitro benzene ring substituents is 1. The average molecular weight is 349 g/mol. The van der Waals surface area contributed by atoms with Crippen LogP contribution in [-0.4, -0.2) is 16.5 Å². The van der Waals surface area contributed by atoms with E-state index in [9.17, 15) is 14.9 Å². The van der Waals surface area contributed by atoms with Gasteiger partial charge in [0.2, 0.25) is 0 Å². The number of carbonyl (C=O) groups is 1. The fourth-order valence-corrected chi connectivity index (χ4v) is 2.30. The highest BCUT2D eigenvalue weighted by atomic mass is 16.6. The molecule has 7 heteroatoms. The van der Waals surface area contributed by atoms with Crippen molar-refractivity contribution in [1.29, 1.82) is 0 Å². The first-order valence-corrected chi connectivity index (χ1v) is 7.79. The summed E-state index contributed by atoms with van der Waals surface area (Å²) in [5.41, 5.74) is 4.65. The first-order chi connectivity index (χ1) is 12.5. The molecule has 130 valence electrons. The molecule has 7 nitrogen and oxygen atoms in total. The Balaban J connectivity index is 1.71. The van der Waals surface area contributed by atoms with Gasteiger partial charge >= 0.3 is 5.91 Å². The molecule has 1 N–H and O–H groups in total. The molecule has 0 bridgehead atoms. The smallest absolute Gasteiger partial charge is 0.307 e. The van der Waals surface area contributed by atoms with Crippen LogP contribution in [0.4, 0.5) is 5.69 Å². The van der Waals surface area contributed by atoms with Gasteiger partial charge in [0.1, 0.15) is 5.76 Å². The van der Waals surface area contributed by atoms with E-state index in [1.807, 2.05) is 30.3 Å². The summed E-state index contributed by atoms with van der Waals surface area (Å²) in [6, 6.07) is 18.5.